The van der Waals surface area contributed by atoms with Gasteiger partial charge in [-0.05, 0) is 29.8 Å². The third-order valence-corrected chi connectivity index (χ3v) is 6.25. The van der Waals surface area contributed by atoms with Crippen molar-refractivity contribution in [3.63, 3.8) is 0 Å². The summed E-state index contributed by atoms with van der Waals surface area (Å²) in [6.07, 6.45) is 1.63. The van der Waals surface area contributed by atoms with Crippen LogP contribution in [0.1, 0.15) is 5.56 Å². The van der Waals surface area contributed by atoms with Gasteiger partial charge in [-0.15, -0.1) is 11.8 Å². The summed E-state index contributed by atoms with van der Waals surface area (Å²) >= 11 is 5.16. The molecule has 2 aromatic carbocycles. The molecular formula is C21H20BrFN4S. The molecule has 0 spiro atoms. The molecule has 0 amide bonds. The zero-order valence-corrected chi connectivity index (χ0v) is 17.7. The van der Waals surface area contributed by atoms with Gasteiger partial charge in [-0.3, -0.25) is 0 Å². The van der Waals surface area contributed by atoms with Gasteiger partial charge in [0.15, 0.2) is 0 Å². The van der Waals surface area contributed by atoms with Crippen molar-refractivity contribution < 1.29 is 4.39 Å². The summed E-state index contributed by atoms with van der Waals surface area (Å²) in [7, 11) is 0. The van der Waals surface area contributed by atoms with Crippen LogP contribution in [0.5, 0.6) is 0 Å². The van der Waals surface area contributed by atoms with Crippen LogP contribution in [0.4, 0.5) is 15.9 Å². The minimum absolute atomic E-state index is 0.162. The van der Waals surface area contributed by atoms with E-state index in [4.69, 9.17) is 0 Å². The highest BCUT2D eigenvalue weighted by Crippen LogP contribution is 2.26. The average Bonchev–Trinajstić information content (AvgIpc) is 2.74. The van der Waals surface area contributed by atoms with Crippen molar-refractivity contribution in [1.82, 2.24) is 9.97 Å². The SMILES string of the molecule is Fc1ccccc1N1CCN(c2cc(SCc3ccc(Br)cc3)ncn2)CC1. The van der Waals surface area contributed by atoms with Gasteiger partial charge in [0.05, 0.1) is 5.69 Å². The van der Waals surface area contributed by atoms with E-state index in [1.807, 2.05) is 18.2 Å². The van der Waals surface area contributed by atoms with Crippen LogP contribution in [-0.2, 0) is 5.75 Å². The van der Waals surface area contributed by atoms with Crippen molar-refractivity contribution in [3.05, 3.63) is 76.8 Å². The minimum Gasteiger partial charge on any atom is -0.366 e. The summed E-state index contributed by atoms with van der Waals surface area (Å²) < 4.78 is 15.1. The zero-order valence-electron chi connectivity index (χ0n) is 15.3. The van der Waals surface area contributed by atoms with Gasteiger partial charge in [0.2, 0.25) is 0 Å². The van der Waals surface area contributed by atoms with Crippen LogP contribution in [0.15, 0.2) is 70.4 Å². The molecule has 3 aromatic rings. The first-order valence-corrected chi connectivity index (χ1v) is 10.9. The molecule has 1 saturated heterocycles. The molecule has 1 aromatic heterocycles. The Hall–Kier alpha value is -2.12. The van der Waals surface area contributed by atoms with E-state index >= 15 is 0 Å². The van der Waals surface area contributed by atoms with E-state index in [2.05, 4.69) is 60.0 Å². The van der Waals surface area contributed by atoms with Crippen molar-refractivity contribution >= 4 is 39.2 Å². The zero-order chi connectivity index (χ0) is 19.3. The van der Waals surface area contributed by atoms with Crippen molar-refractivity contribution in [1.29, 1.82) is 0 Å². The first-order valence-electron chi connectivity index (χ1n) is 9.13. The van der Waals surface area contributed by atoms with Crippen LogP contribution < -0.4 is 9.80 Å². The maximum Gasteiger partial charge on any atom is 0.146 e. The molecule has 28 heavy (non-hydrogen) atoms. The van der Waals surface area contributed by atoms with Gasteiger partial charge < -0.3 is 9.80 Å². The first-order chi connectivity index (χ1) is 13.7. The molecule has 1 aliphatic rings. The standard InChI is InChI=1S/C21H20BrFN4S/c22-17-7-5-16(6-8-17)14-28-21-13-20(24-15-25-21)27-11-9-26(10-12-27)19-4-2-1-3-18(19)23/h1-8,13,15H,9-12,14H2. The fourth-order valence-electron chi connectivity index (χ4n) is 3.20. The Kier molecular flexibility index (Phi) is 6.12. The number of aromatic nitrogens is 2. The molecule has 1 aliphatic heterocycles. The molecule has 0 atom stereocenters. The first kappa shape index (κ1) is 19.2. The Morgan fingerprint density at radius 3 is 2.39 bits per heavy atom. The number of piperazine rings is 1. The fourth-order valence-corrected chi connectivity index (χ4v) is 4.29. The third kappa shape index (κ3) is 4.64. The Morgan fingerprint density at radius 1 is 0.929 bits per heavy atom. The van der Waals surface area contributed by atoms with E-state index < -0.39 is 0 Å². The van der Waals surface area contributed by atoms with Crippen LogP contribution in [0.25, 0.3) is 0 Å². The highest BCUT2D eigenvalue weighted by atomic mass is 79.9. The van der Waals surface area contributed by atoms with Gasteiger partial charge in [-0.1, -0.05) is 40.2 Å². The normalized spacial score (nSPS) is 14.4. The second-order valence-corrected chi connectivity index (χ2v) is 8.47. The van der Waals surface area contributed by atoms with Crippen molar-refractivity contribution in [2.75, 3.05) is 36.0 Å². The largest absolute Gasteiger partial charge is 0.366 e. The predicted octanol–water partition coefficient (Wildman–Crippen LogP) is 5.00. The monoisotopic (exact) mass is 458 g/mol. The molecule has 0 radical (unpaired) electrons. The third-order valence-electron chi connectivity index (χ3n) is 4.72. The molecule has 0 unspecified atom stereocenters. The molecule has 0 saturated carbocycles. The molecule has 0 bridgehead atoms. The number of halogens is 2. The Balaban J connectivity index is 1.37. The van der Waals surface area contributed by atoms with E-state index in [0.29, 0.717) is 5.69 Å². The lowest BCUT2D eigenvalue weighted by Gasteiger charge is -2.36. The van der Waals surface area contributed by atoms with E-state index in [9.17, 15) is 4.39 Å². The van der Waals surface area contributed by atoms with Crippen LogP contribution in [0.2, 0.25) is 0 Å². The van der Waals surface area contributed by atoms with E-state index in [-0.39, 0.29) is 5.82 Å². The lowest BCUT2D eigenvalue weighted by atomic mass is 10.2. The lowest BCUT2D eigenvalue weighted by molar-refractivity contribution is 0.595. The maximum atomic E-state index is 14.0. The summed E-state index contributed by atoms with van der Waals surface area (Å²) in [5.74, 6) is 1.64. The van der Waals surface area contributed by atoms with Crippen molar-refractivity contribution in [2.24, 2.45) is 0 Å². The van der Waals surface area contributed by atoms with Crippen LogP contribution >= 0.6 is 27.7 Å². The van der Waals surface area contributed by atoms with Crippen molar-refractivity contribution in [2.45, 2.75) is 10.8 Å². The Labute approximate surface area is 176 Å². The number of thioether (sulfide) groups is 1. The molecule has 2 heterocycles. The summed E-state index contributed by atoms with van der Waals surface area (Å²) in [4.78, 5) is 13.2. The van der Waals surface area contributed by atoms with Crippen LogP contribution in [0.3, 0.4) is 0 Å². The number of benzene rings is 2. The summed E-state index contributed by atoms with van der Waals surface area (Å²) in [6.45, 7) is 3.16. The van der Waals surface area contributed by atoms with Crippen LogP contribution in [0, 0.1) is 5.82 Å². The number of rotatable bonds is 5. The molecular weight excluding hydrogens is 439 g/mol. The molecule has 0 aliphatic carbocycles. The fraction of sp³-hybridized carbons (Fsp3) is 0.238. The van der Waals surface area contributed by atoms with E-state index in [1.165, 1.54) is 11.6 Å². The van der Waals surface area contributed by atoms with Crippen molar-refractivity contribution in [3.8, 4) is 0 Å². The second kappa shape index (κ2) is 8.92. The van der Waals surface area contributed by atoms with Gasteiger partial charge in [-0.25, -0.2) is 14.4 Å². The molecule has 7 heteroatoms. The Morgan fingerprint density at radius 2 is 1.64 bits per heavy atom. The second-order valence-electron chi connectivity index (χ2n) is 6.56. The maximum absolute atomic E-state index is 14.0. The molecule has 0 N–H and O–H groups in total. The van der Waals surface area contributed by atoms with Gasteiger partial charge in [0.1, 0.15) is 23.0 Å². The van der Waals surface area contributed by atoms with E-state index in [1.54, 1.807) is 24.2 Å². The smallest absolute Gasteiger partial charge is 0.146 e. The molecule has 4 rings (SSSR count). The highest BCUT2D eigenvalue weighted by Gasteiger charge is 2.20. The van der Waals surface area contributed by atoms with E-state index in [0.717, 1.165) is 47.2 Å². The highest BCUT2D eigenvalue weighted by molar-refractivity contribution is 9.10. The molecule has 1 fully saturated rings. The number of anilines is 2. The Bertz CT molecular complexity index is 930. The summed E-state index contributed by atoms with van der Waals surface area (Å²) in [6, 6.07) is 17.3. The van der Waals surface area contributed by atoms with Gasteiger partial charge in [0.25, 0.3) is 0 Å². The lowest BCUT2D eigenvalue weighted by Crippen LogP contribution is -2.47. The van der Waals surface area contributed by atoms with Crippen LogP contribution in [-0.4, -0.2) is 36.1 Å². The number of hydrogen-bond acceptors (Lipinski definition) is 5. The molecule has 4 nitrogen and oxygen atoms in total. The summed E-state index contributed by atoms with van der Waals surface area (Å²) in [5.41, 5.74) is 1.93. The van der Waals surface area contributed by atoms with Gasteiger partial charge >= 0.3 is 0 Å². The minimum atomic E-state index is -0.162. The van der Waals surface area contributed by atoms with Gasteiger partial charge in [0, 0.05) is 42.5 Å². The molecule has 144 valence electrons. The number of hydrogen-bond donors (Lipinski definition) is 0. The summed E-state index contributed by atoms with van der Waals surface area (Å²) in [5, 5.41) is 0.962. The quantitative estimate of drug-likeness (QED) is 0.396. The number of nitrogens with zero attached hydrogens (tertiary/aromatic N) is 4. The average molecular weight is 459 g/mol. The number of para-hydroxylation sites is 1. The topological polar surface area (TPSA) is 32.3 Å². The van der Waals surface area contributed by atoms with Gasteiger partial charge in [-0.2, -0.15) is 0 Å². The predicted molar refractivity (Wildman–Crippen MR) is 117 cm³/mol.